The number of carbonyl (C=O) groups is 4. The van der Waals surface area contributed by atoms with Gasteiger partial charge < -0.3 is 4.74 Å². The first kappa shape index (κ1) is 31.2. The summed E-state index contributed by atoms with van der Waals surface area (Å²) in [7, 11) is 0. The standard InChI is InChI=1S/C39H26ClN3O7/c40-31-12-6-5-11-30(31)37(45)41(21-32(44)22-13-17-24(18-14-22)50-25-19-15-23(16-20-25)43(48)49)42-38(46)35-33-26-7-1-2-8-27(26)34(36(35)39(42)47)29-10-4-3-9-28(29)33/h1-20,33-36H,21H2/t33?,34?,35-,36-/m1/s1. The Hall–Kier alpha value is -6.13. The van der Waals surface area contributed by atoms with E-state index in [1.165, 1.54) is 48.5 Å². The Kier molecular flexibility index (Phi) is 7.53. The Morgan fingerprint density at radius 3 is 1.64 bits per heavy atom. The van der Waals surface area contributed by atoms with Crippen LogP contribution in [0.3, 0.4) is 0 Å². The maximum atomic E-state index is 14.5. The number of non-ortho nitro benzene ring substituents is 1. The molecule has 3 amide bonds. The molecule has 4 aliphatic rings. The maximum Gasteiger partial charge on any atom is 0.274 e. The highest BCUT2D eigenvalue weighted by Crippen LogP contribution is 2.61. The summed E-state index contributed by atoms with van der Waals surface area (Å²) in [6.07, 6.45) is 0. The van der Waals surface area contributed by atoms with Crippen LogP contribution in [0.1, 0.15) is 54.8 Å². The minimum Gasteiger partial charge on any atom is -0.457 e. The number of rotatable bonds is 8. The van der Waals surface area contributed by atoms with Crippen LogP contribution < -0.4 is 4.74 Å². The summed E-state index contributed by atoms with van der Waals surface area (Å²) in [6, 6.07) is 33.6. The smallest absolute Gasteiger partial charge is 0.274 e. The van der Waals surface area contributed by atoms with Gasteiger partial charge in [-0.05, 0) is 70.8 Å². The first-order chi connectivity index (χ1) is 24.2. The number of imide groups is 1. The molecular weight excluding hydrogens is 658 g/mol. The predicted octanol–water partition coefficient (Wildman–Crippen LogP) is 7.17. The Bertz CT molecular complexity index is 2120. The summed E-state index contributed by atoms with van der Waals surface area (Å²) >= 11 is 6.44. The summed E-state index contributed by atoms with van der Waals surface area (Å²) in [6.45, 7) is -0.612. The van der Waals surface area contributed by atoms with Gasteiger partial charge in [-0.3, -0.25) is 29.3 Å². The van der Waals surface area contributed by atoms with E-state index in [0.29, 0.717) is 11.5 Å². The molecule has 0 N–H and O–H groups in total. The van der Waals surface area contributed by atoms with Crippen molar-refractivity contribution in [2.75, 3.05) is 6.54 Å². The minimum atomic E-state index is -0.759. The Morgan fingerprint density at radius 1 is 0.700 bits per heavy atom. The number of nitro benzene ring substituents is 1. The molecule has 5 aromatic carbocycles. The van der Waals surface area contributed by atoms with Crippen molar-refractivity contribution in [3.63, 3.8) is 0 Å². The van der Waals surface area contributed by atoms with Gasteiger partial charge in [-0.15, -0.1) is 0 Å². The van der Waals surface area contributed by atoms with Crippen LogP contribution in [0.5, 0.6) is 11.5 Å². The van der Waals surface area contributed by atoms with Crippen molar-refractivity contribution in [1.29, 1.82) is 0 Å². The zero-order valence-electron chi connectivity index (χ0n) is 26.1. The van der Waals surface area contributed by atoms with Gasteiger partial charge in [0.2, 0.25) is 0 Å². The van der Waals surface area contributed by atoms with Crippen LogP contribution in [0, 0.1) is 22.0 Å². The molecule has 0 radical (unpaired) electrons. The van der Waals surface area contributed by atoms with Gasteiger partial charge in [0.1, 0.15) is 18.0 Å². The van der Waals surface area contributed by atoms with E-state index < -0.39 is 58.6 Å². The summed E-state index contributed by atoms with van der Waals surface area (Å²) < 4.78 is 5.77. The van der Waals surface area contributed by atoms with Gasteiger partial charge in [0.15, 0.2) is 5.78 Å². The molecule has 9 rings (SSSR count). The maximum absolute atomic E-state index is 14.5. The molecule has 0 unspecified atom stereocenters. The molecular formula is C39H26ClN3O7. The van der Waals surface area contributed by atoms with Crippen LogP contribution in [0.15, 0.2) is 121 Å². The molecule has 3 aliphatic carbocycles. The van der Waals surface area contributed by atoms with Crippen LogP contribution in [-0.4, -0.2) is 45.0 Å². The first-order valence-electron chi connectivity index (χ1n) is 15.9. The Balaban J connectivity index is 1.12. The van der Waals surface area contributed by atoms with E-state index in [0.717, 1.165) is 32.3 Å². The second-order valence-electron chi connectivity index (χ2n) is 12.4. The van der Waals surface area contributed by atoms with Gasteiger partial charge in [-0.1, -0.05) is 72.3 Å². The summed E-state index contributed by atoms with van der Waals surface area (Å²) in [5.74, 6) is -3.96. The summed E-state index contributed by atoms with van der Waals surface area (Å²) in [5, 5.41) is 12.9. The second-order valence-corrected chi connectivity index (χ2v) is 12.8. The highest BCUT2D eigenvalue weighted by Gasteiger charge is 2.63. The molecule has 2 bridgehead atoms. The van der Waals surface area contributed by atoms with Gasteiger partial charge in [-0.25, -0.2) is 5.01 Å². The third-order valence-corrected chi connectivity index (χ3v) is 10.1. The van der Waals surface area contributed by atoms with Gasteiger partial charge in [-0.2, -0.15) is 5.01 Å². The molecule has 1 aliphatic heterocycles. The monoisotopic (exact) mass is 683 g/mol. The number of nitrogens with zero attached hydrogens (tertiary/aromatic N) is 3. The number of ether oxygens (including phenoxy) is 1. The molecule has 2 atom stereocenters. The number of Topliss-reactive ketones (excluding diaryl/α,β-unsaturated/α-hetero) is 1. The number of benzene rings is 5. The number of ketones is 1. The number of nitro groups is 1. The fourth-order valence-electron chi connectivity index (χ4n) is 7.61. The Morgan fingerprint density at radius 2 is 1.16 bits per heavy atom. The lowest BCUT2D eigenvalue weighted by Crippen LogP contribution is -2.52. The molecule has 50 heavy (non-hydrogen) atoms. The SMILES string of the molecule is O=C(CN(C(=O)c1ccccc1Cl)N1C(=O)[C@@H]2C3c4ccccc4C(c4ccccc43)[C@H]2C1=O)c1ccc(Oc2ccc([N+](=O)[O-])cc2)cc1. The minimum absolute atomic E-state index is 0.0406. The highest BCUT2D eigenvalue weighted by molar-refractivity contribution is 6.34. The van der Waals surface area contributed by atoms with Crippen molar-refractivity contribution in [2.24, 2.45) is 11.8 Å². The number of carbonyl (C=O) groups excluding carboxylic acids is 4. The van der Waals surface area contributed by atoms with Crippen molar-refractivity contribution < 1.29 is 28.8 Å². The van der Waals surface area contributed by atoms with Crippen molar-refractivity contribution in [3.8, 4) is 11.5 Å². The van der Waals surface area contributed by atoms with E-state index in [1.54, 1.807) is 24.3 Å². The molecule has 0 aromatic heterocycles. The fourth-order valence-corrected chi connectivity index (χ4v) is 7.83. The van der Waals surface area contributed by atoms with E-state index in [1.807, 2.05) is 48.5 Å². The quantitative estimate of drug-likeness (QED) is 0.0734. The average Bonchev–Trinajstić information content (AvgIpc) is 3.40. The third kappa shape index (κ3) is 4.95. The zero-order chi connectivity index (χ0) is 34.7. The number of halogens is 1. The molecule has 0 saturated carbocycles. The van der Waals surface area contributed by atoms with E-state index in [4.69, 9.17) is 16.3 Å². The molecule has 10 nitrogen and oxygen atoms in total. The normalized spacial score (nSPS) is 19.7. The number of hydrogen-bond donors (Lipinski definition) is 0. The molecule has 0 spiro atoms. The van der Waals surface area contributed by atoms with Crippen LogP contribution in [0.2, 0.25) is 5.02 Å². The van der Waals surface area contributed by atoms with E-state index in [-0.39, 0.29) is 21.8 Å². The largest absolute Gasteiger partial charge is 0.457 e. The van der Waals surface area contributed by atoms with Crippen molar-refractivity contribution in [2.45, 2.75) is 11.8 Å². The van der Waals surface area contributed by atoms with Crippen molar-refractivity contribution in [3.05, 3.63) is 170 Å². The summed E-state index contributed by atoms with van der Waals surface area (Å²) in [5.41, 5.74) is 4.10. The lowest BCUT2D eigenvalue weighted by atomic mass is 9.55. The first-order valence-corrected chi connectivity index (χ1v) is 16.3. The van der Waals surface area contributed by atoms with Gasteiger partial charge in [0.25, 0.3) is 23.4 Å². The second kappa shape index (κ2) is 12.1. The lowest BCUT2D eigenvalue weighted by molar-refractivity contribution is -0.384. The number of amides is 3. The fraction of sp³-hybridized carbons (Fsp3) is 0.128. The van der Waals surface area contributed by atoms with E-state index in [2.05, 4.69) is 0 Å². The molecule has 1 heterocycles. The third-order valence-electron chi connectivity index (χ3n) is 9.76. The van der Waals surface area contributed by atoms with Crippen LogP contribution in [-0.2, 0) is 9.59 Å². The molecule has 1 saturated heterocycles. The molecule has 246 valence electrons. The number of hydrogen-bond acceptors (Lipinski definition) is 7. The lowest BCUT2D eigenvalue weighted by Gasteiger charge is -2.45. The van der Waals surface area contributed by atoms with Crippen molar-refractivity contribution in [1.82, 2.24) is 10.0 Å². The van der Waals surface area contributed by atoms with Crippen LogP contribution in [0.4, 0.5) is 5.69 Å². The van der Waals surface area contributed by atoms with Crippen molar-refractivity contribution >= 4 is 40.8 Å². The molecule has 11 heteroatoms. The van der Waals surface area contributed by atoms with Gasteiger partial charge in [0.05, 0.1) is 27.3 Å². The van der Waals surface area contributed by atoms with Crippen LogP contribution in [0.25, 0.3) is 0 Å². The van der Waals surface area contributed by atoms with Crippen LogP contribution >= 0.6 is 11.6 Å². The predicted molar refractivity (Wildman–Crippen MR) is 182 cm³/mol. The highest BCUT2D eigenvalue weighted by atomic mass is 35.5. The Labute approximate surface area is 290 Å². The van der Waals surface area contributed by atoms with E-state index in [9.17, 15) is 29.3 Å². The molecule has 5 aromatic rings. The van der Waals surface area contributed by atoms with Gasteiger partial charge in [0, 0.05) is 29.5 Å². The van der Waals surface area contributed by atoms with E-state index >= 15 is 0 Å². The van der Waals surface area contributed by atoms with Gasteiger partial charge >= 0.3 is 0 Å². The zero-order valence-corrected chi connectivity index (χ0v) is 26.9. The topological polar surface area (TPSA) is 127 Å². The average molecular weight is 684 g/mol. The number of hydrazine groups is 1. The summed E-state index contributed by atoms with van der Waals surface area (Å²) in [4.78, 5) is 67.6. The molecule has 1 fully saturated rings.